The molecule has 2 unspecified atom stereocenters. The van der Waals surface area contributed by atoms with Crippen molar-refractivity contribution in [3.05, 3.63) is 100 Å². The van der Waals surface area contributed by atoms with Gasteiger partial charge in [0.2, 0.25) is 0 Å². The fourth-order valence-corrected chi connectivity index (χ4v) is 4.77. The van der Waals surface area contributed by atoms with Gasteiger partial charge in [-0.05, 0) is 42.2 Å². The number of anilines is 2. The molecule has 0 fully saturated rings. The number of hydrogen-bond acceptors (Lipinski definition) is 4. The second-order valence-corrected chi connectivity index (χ2v) is 8.16. The highest BCUT2D eigenvalue weighted by molar-refractivity contribution is 6.31. The molecule has 0 amide bonds. The Kier molecular flexibility index (Phi) is 4.72. The summed E-state index contributed by atoms with van der Waals surface area (Å²) in [5.41, 5.74) is 5.04. The number of carbonyl (C=O) groups is 1. The average molecular weight is 417 g/mol. The first-order valence-electron chi connectivity index (χ1n) is 10.0. The maximum absolute atomic E-state index is 13.5. The molecule has 30 heavy (non-hydrogen) atoms. The average Bonchev–Trinajstić information content (AvgIpc) is 2.91. The first-order chi connectivity index (χ1) is 14.6. The topological polar surface area (TPSA) is 61.4 Å². The lowest BCUT2D eigenvalue weighted by molar-refractivity contribution is -0.116. The Morgan fingerprint density at radius 2 is 1.50 bits per heavy atom. The minimum Gasteiger partial charge on any atom is -0.508 e. The number of phenolic OH excluding ortho intramolecular Hbond substituents is 1. The van der Waals surface area contributed by atoms with Crippen LogP contribution in [0.5, 0.6) is 5.75 Å². The van der Waals surface area contributed by atoms with Crippen molar-refractivity contribution in [2.75, 3.05) is 10.6 Å². The van der Waals surface area contributed by atoms with Crippen LogP contribution in [0.1, 0.15) is 35.9 Å². The summed E-state index contributed by atoms with van der Waals surface area (Å²) in [5.74, 6) is 0.234. The van der Waals surface area contributed by atoms with Gasteiger partial charge in [0.05, 0.1) is 17.4 Å². The number of benzene rings is 3. The monoisotopic (exact) mass is 416 g/mol. The third-order valence-electron chi connectivity index (χ3n) is 5.90. The molecule has 0 aromatic heterocycles. The van der Waals surface area contributed by atoms with Crippen LogP contribution < -0.4 is 10.6 Å². The lowest BCUT2D eigenvalue weighted by Gasteiger charge is -2.30. The van der Waals surface area contributed by atoms with Crippen molar-refractivity contribution >= 4 is 28.8 Å². The minimum atomic E-state index is -0.433. The number of para-hydroxylation sites is 3. The molecule has 0 saturated carbocycles. The lowest BCUT2D eigenvalue weighted by atomic mass is 9.78. The number of ketones is 1. The normalized spacial score (nSPS) is 20.5. The Hall–Kier alpha value is -3.24. The van der Waals surface area contributed by atoms with Crippen LogP contribution in [-0.4, -0.2) is 10.9 Å². The van der Waals surface area contributed by atoms with Crippen LogP contribution in [0.2, 0.25) is 5.02 Å². The fraction of sp³-hybridized carbons (Fsp3) is 0.160. The van der Waals surface area contributed by atoms with Crippen LogP contribution >= 0.6 is 11.6 Å². The standard InChI is InChI=1S/C25H21ClN2O2/c26-18-9-3-1-7-16(18)15-13-21-24(23(30)14-15)25(17-8-2-6-12-22(17)29)28-20-11-5-4-10-19(20)27-21/h1-12,15,25,27-29H,13-14H2. The highest BCUT2D eigenvalue weighted by atomic mass is 35.5. The van der Waals surface area contributed by atoms with Gasteiger partial charge in [0.1, 0.15) is 5.75 Å². The zero-order valence-corrected chi connectivity index (χ0v) is 17.0. The highest BCUT2D eigenvalue weighted by Gasteiger charge is 2.37. The van der Waals surface area contributed by atoms with Gasteiger partial charge in [0.25, 0.3) is 0 Å². The van der Waals surface area contributed by atoms with Crippen molar-refractivity contribution in [1.82, 2.24) is 0 Å². The van der Waals surface area contributed by atoms with E-state index in [2.05, 4.69) is 10.6 Å². The van der Waals surface area contributed by atoms with E-state index in [1.807, 2.05) is 60.7 Å². The summed E-state index contributed by atoms with van der Waals surface area (Å²) in [6.07, 6.45) is 1.05. The summed E-state index contributed by atoms with van der Waals surface area (Å²) in [4.78, 5) is 13.5. The third kappa shape index (κ3) is 3.23. The van der Waals surface area contributed by atoms with E-state index >= 15 is 0 Å². The SMILES string of the molecule is O=C1CC(c2ccccc2Cl)CC2=C1C(c1ccccc1O)Nc1ccccc1N2. The molecule has 5 heteroatoms. The van der Waals surface area contributed by atoms with E-state index in [4.69, 9.17) is 11.6 Å². The molecule has 3 aromatic carbocycles. The van der Waals surface area contributed by atoms with Gasteiger partial charge in [0.15, 0.2) is 5.78 Å². The molecular formula is C25H21ClN2O2. The van der Waals surface area contributed by atoms with Gasteiger partial charge in [-0.25, -0.2) is 0 Å². The molecule has 3 aromatic rings. The molecule has 1 aliphatic carbocycles. The van der Waals surface area contributed by atoms with Crippen LogP contribution in [0.4, 0.5) is 11.4 Å². The van der Waals surface area contributed by atoms with Gasteiger partial charge >= 0.3 is 0 Å². The molecule has 0 radical (unpaired) electrons. The number of allylic oxidation sites excluding steroid dienone is 1. The lowest BCUT2D eigenvalue weighted by Crippen LogP contribution is -2.27. The van der Waals surface area contributed by atoms with Gasteiger partial charge in [-0.15, -0.1) is 0 Å². The molecule has 150 valence electrons. The number of halogens is 1. The van der Waals surface area contributed by atoms with Gasteiger partial charge in [-0.3, -0.25) is 4.79 Å². The van der Waals surface area contributed by atoms with Crippen molar-refractivity contribution in [2.24, 2.45) is 0 Å². The summed E-state index contributed by atoms with van der Waals surface area (Å²) in [6.45, 7) is 0. The van der Waals surface area contributed by atoms with Gasteiger partial charge in [0, 0.05) is 28.3 Å². The predicted molar refractivity (Wildman–Crippen MR) is 120 cm³/mol. The number of phenols is 1. The molecule has 1 heterocycles. The fourth-order valence-electron chi connectivity index (χ4n) is 4.48. The summed E-state index contributed by atoms with van der Waals surface area (Å²) >= 11 is 6.45. The minimum absolute atomic E-state index is 0.00716. The van der Waals surface area contributed by atoms with E-state index in [0.29, 0.717) is 29.0 Å². The molecule has 0 bridgehead atoms. The van der Waals surface area contributed by atoms with E-state index in [0.717, 1.165) is 22.6 Å². The van der Waals surface area contributed by atoms with Crippen LogP contribution in [-0.2, 0) is 4.79 Å². The third-order valence-corrected chi connectivity index (χ3v) is 6.25. The molecule has 5 rings (SSSR count). The maximum Gasteiger partial charge on any atom is 0.163 e. The molecule has 3 N–H and O–H groups in total. The van der Waals surface area contributed by atoms with E-state index < -0.39 is 6.04 Å². The first kappa shape index (κ1) is 18.8. The van der Waals surface area contributed by atoms with E-state index in [-0.39, 0.29) is 17.5 Å². The second-order valence-electron chi connectivity index (χ2n) is 7.75. The van der Waals surface area contributed by atoms with Crippen LogP contribution in [0.3, 0.4) is 0 Å². The molecule has 1 aliphatic heterocycles. The number of aromatic hydroxyl groups is 1. The van der Waals surface area contributed by atoms with E-state index in [1.165, 1.54) is 0 Å². The van der Waals surface area contributed by atoms with Gasteiger partial charge in [-0.2, -0.15) is 0 Å². The Labute approximate surface area is 180 Å². The number of rotatable bonds is 2. The number of fused-ring (bicyclic) bond motifs is 1. The molecule has 2 atom stereocenters. The highest BCUT2D eigenvalue weighted by Crippen LogP contribution is 2.46. The Balaban J connectivity index is 1.64. The van der Waals surface area contributed by atoms with Crippen molar-refractivity contribution in [1.29, 1.82) is 0 Å². The van der Waals surface area contributed by atoms with Crippen LogP contribution in [0.15, 0.2) is 84.1 Å². The zero-order chi connectivity index (χ0) is 20.7. The molecule has 0 spiro atoms. The van der Waals surface area contributed by atoms with Crippen molar-refractivity contribution in [3.63, 3.8) is 0 Å². The Morgan fingerprint density at radius 1 is 0.833 bits per heavy atom. The van der Waals surface area contributed by atoms with Gasteiger partial charge in [-0.1, -0.05) is 60.1 Å². The van der Waals surface area contributed by atoms with Crippen molar-refractivity contribution < 1.29 is 9.90 Å². The van der Waals surface area contributed by atoms with Crippen LogP contribution in [0.25, 0.3) is 0 Å². The largest absolute Gasteiger partial charge is 0.508 e. The smallest absolute Gasteiger partial charge is 0.163 e. The quantitative estimate of drug-likeness (QED) is 0.477. The molecule has 4 nitrogen and oxygen atoms in total. The van der Waals surface area contributed by atoms with E-state index in [9.17, 15) is 9.90 Å². The predicted octanol–water partition coefficient (Wildman–Crippen LogP) is 6.03. The van der Waals surface area contributed by atoms with Crippen LogP contribution in [0, 0.1) is 0 Å². The number of hydrogen-bond donors (Lipinski definition) is 3. The number of Topliss-reactive ketones (excluding diaryl/α,β-unsaturated/α-hetero) is 1. The summed E-state index contributed by atoms with van der Waals surface area (Å²) in [7, 11) is 0. The summed E-state index contributed by atoms with van der Waals surface area (Å²) < 4.78 is 0. The first-order valence-corrected chi connectivity index (χ1v) is 10.4. The van der Waals surface area contributed by atoms with Crippen molar-refractivity contribution in [3.8, 4) is 5.75 Å². The summed E-state index contributed by atoms with van der Waals surface area (Å²) in [6, 6.07) is 22.3. The molecule has 0 saturated heterocycles. The van der Waals surface area contributed by atoms with E-state index in [1.54, 1.807) is 12.1 Å². The van der Waals surface area contributed by atoms with Crippen molar-refractivity contribution in [2.45, 2.75) is 24.8 Å². The maximum atomic E-state index is 13.5. The molecular weight excluding hydrogens is 396 g/mol. The molecule has 2 aliphatic rings. The second kappa shape index (κ2) is 7.54. The van der Waals surface area contributed by atoms with Gasteiger partial charge < -0.3 is 15.7 Å². The zero-order valence-electron chi connectivity index (χ0n) is 16.2. The number of nitrogens with one attached hydrogen (secondary N) is 2. The summed E-state index contributed by atoms with van der Waals surface area (Å²) in [5, 5.41) is 18.2. The number of carbonyl (C=O) groups excluding carboxylic acids is 1. The Morgan fingerprint density at radius 3 is 2.27 bits per heavy atom. The Bertz CT molecular complexity index is 1170.